The molecule has 1 heterocycles. The lowest BCUT2D eigenvalue weighted by molar-refractivity contribution is 0.411. The fourth-order valence-electron chi connectivity index (χ4n) is 2.14. The third-order valence-corrected chi connectivity index (χ3v) is 4.95. The SMILES string of the molecule is COc1ccc(S(=O)(=O)NCc2nc(N(C)C)nc(N(C)C)n2)cc1C. The van der Waals surface area contributed by atoms with Crippen molar-refractivity contribution in [2.45, 2.75) is 18.4 Å². The van der Waals surface area contributed by atoms with E-state index >= 15 is 0 Å². The Balaban J connectivity index is 2.25. The van der Waals surface area contributed by atoms with Crippen molar-refractivity contribution in [3.8, 4) is 5.75 Å². The Morgan fingerprint density at radius 1 is 1.04 bits per heavy atom. The molecule has 9 nitrogen and oxygen atoms in total. The van der Waals surface area contributed by atoms with Gasteiger partial charge >= 0.3 is 0 Å². The predicted molar refractivity (Wildman–Crippen MR) is 100 cm³/mol. The van der Waals surface area contributed by atoms with Gasteiger partial charge in [0.1, 0.15) is 5.75 Å². The topological polar surface area (TPSA) is 101 Å². The van der Waals surface area contributed by atoms with Gasteiger partial charge in [-0.1, -0.05) is 0 Å². The molecule has 0 bridgehead atoms. The van der Waals surface area contributed by atoms with Crippen LogP contribution >= 0.6 is 0 Å². The van der Waals surface area contributed by atoms with Crippen molar-refractivity contribution in [2.75, 3.05) is 45.1 Å². The van der Waals surface area contributed by atoms with Gasteiger partial charge in [-0.3, -0.25) is 0 Å². The van der Waals surface area contributed by atoms with Gasteiger partial charge < -0.3 is 14.5 Å². The van der Waals surface area contributed by atoms with E-state index in [1.165, 1.54) is 6.07 Å². The summed E-state index contributed by atoms with van der Waals surface area (Å²) in [5.74, 6) is 1.88. The second-order valence-corrected chi connectivity index (χ2v) is 7.86. The monoisotopic (exact) mass is 380 g/mol. The normalized spacial score (nSPS) is 11.3. The van der Waals surface area contributed by atoms with Crippen LogP contribution in [0.25, 0.3) is 0 Å². The quantitative estimate of drug-likeness (QED) is 0.753. The van der Waals surface area contributed by atoms with Gasteiger partial charge in [0.2, 0.25) is 21.9 Å². The summed E-state index contributed by atoms with van der Waals surface area (Å²) in [4.78, 5) is 16.5. The van der Waals surface area contributed by atoms with Crippen LogP contribution in [0.2, 0.25) is 0 Å². The van der Waals surface area contributed by atoms with Gasteiger partial charge in [-0.15, -0.1) is 0 Å². The van der Waals surface area contributed by atoms with E-state index in [4.69, 9.17) is 4.74 Å². The van der Waals surface area contributed by atoms with Gasteiger partial charge in [0, 0.05) is 28.2 Å². The Morgan fingerprint density at radius 2 is 1.62 bits per heavy atom. The van der Waals surface area contributed by atoms with Gasteiger partial charge in [0.05, 0.1) is 18.6 Å². The van der Waals surface area contributed by atoms with Gasteiger partial charge in [0.25, 0.3) is 0 Å². The lowest BCUT2D eigenvalue weighted by Crippen LogP contribution is -2.26. The molecule has 0 aliphatic heterocycles. The first-order chi connectivity index (χ1) is 12.1. The summed E-state index contributed by atoms with van der Waals surface area (Å²) < 4.78 is 32.8. The highest BCUT2D eigenvalue weighted by molar-refractivity contribution is 7.89. The molecule has 1 aromatic heterocycles. The average molecular weight is 380 g/mol. The van der Waals surface area contributed by atoms with Crippen LogP contribution in [0.15, 0.2) is 23.1 Å². The summed E-state index contributed by atoms with van der Waals surface area (Å²) in [6, 6.07) is 4.68. The molecule has 26 heavy (non-hydrogen) atoms. The molecular weight excluding hydrogens is 356 g/mol. The Labute approximate surface area is 154 Å². The van der Waals surface area contributed by atoms with E-state index in [0.717, 1.165) is 5.56 Å². The zero-order valence-corrected chi connectivity index (χ0v) is 16.6. The van der Waals surface area contributed by atoms with Crippen LogP contribution in [0, 0.1) is 6.92 Å². The molecule has 0 radical (unpaired) electrons. The number of hydrogen-bond acceptors (Lipinski definition) is 8. The van der Waals surface area contributed by atoms with Gasteiger partial charge in [-0.25, -0.2) is 13.1 Å². The molecule has 2 rings (SSSR count). The second kappa shape index (κ2) is 7.83. The fourth-order valence-corrected chi connectivity index (χ4v) is 3.20. The van der Waals surface area contributed by atoms with Crippen LogP contribution < -0.4 is 19.3 Å². The highest BCUT2D eigenvalue weighted by Gasteiger charge is 2.17. The number of nitrogens with one attached hydrogen (secondary N) is 1. The van der Waals surface area contributed by atoms with Crippen LogP contribution in [0.4, 0.5) is 11.9 Å². The number of aromatic nitrogens is 3. The van der Waals surface area contributed by atoms with Crippen LogP contribution in [-0.2, 0) is 16.6 Å². The van der Waals surface area contributed by atoms with Gasteiger partial charge in [0.15, 0.2) is 5.82 Å². The maximum atomic E-state index is 12.6. The van der Waals surface area contributed by atoms with Crippen molar-refractivity contribution in [3.63, 3.8) is 0 Å². The zero-order valence-electron chi connectivity index (χ0n) is 15.8. The number of benzene rings is 1. The molecule has 0 amide bonds. The maximum Gasteiger partial charge on any atom is 0.240 e. The zero-order chi connectivity index (χ0) is 19.5. The third kappa shape index (κ3) is 4.58. The summed E-state index contributed by atoms with van der Waals surface area (Å²) in [6.45, 7) is 1.74. The largest absolute Gasteiger partial charge is 0.496 e. The smallest absolute Gasteiger partial charge is 0.240 e. The van der Waals surface area contributed by atoms with Crippen LogP contribution in [0.5, 0.6) is 5.75 Å². The Bertz CT molecular complexity index is 857. The molecule has 1 aromatic carbocycles. The highest BCUT2D eigenvalue weighted by Crippen LogP contribution is 2.21. The highest BCUT2D eigenvalue weighted by atomic mass is 32.2. The fraction of sp³-hybridized carbons (Fsp3) is 0.438. The number of anilines is 2. The molecular formula is C16H24N6O3S. The van der Waals surface area contributed by atoms with Crippen molar-refractivity contribution in [3.05, 3.63) is 29.6 Å². The molecule has 0 spiro atoms. The Morgan fingerprint density at radius 3 is 2.08 bits per heavy atom. The first kappa shape index (κ1) is 19.9. The van der Waals surface area contributed by atoms with E-state index in [1.54, 1.807) is 36.0 Å². The van der Waals surface area contributed by atoms with Crippen molar-refractivity contribution in [1.29, 1.82) is 0 Å². The molecule has 10 heteroatoms. The molecule has 0 atom stereocenters. The first-order valence-corrected chi connectivity index (χ1v) is 9.36. The minimum Gasteiger partial charge on any atom is -0.496 e. The molecule has 0 fully saturated rings. The summed E-state index contributed by atoms with van der Waals surface area (Å²) in [5.41, 5.74) is 0.736. The van der Waals surface area contributed by atoms with Crippen LogP contribution in [0.3, 0.4) is 0 Å². The third-order valence-electron chi connectivity index (χ3n) is 3.56. The average Bonchev–Trinajstić information content (AvgIpc) is 2.59. The van der Waals surface area contributed by atoms with Crippen molar-refractivity contribution in [2.24, 2.45) is 0 Å². The van der Waals surface area contributed by atoms with E-state index in [0.29, 0.717) is 23.5 Å². The minimum atomic E-state index is -3.71. The Kier molecular flexibility index (Phi) is 5.98. The van der Waals surface area contributed by atoms with Crippen molar-refractivity contribution in [1.82, 2.24) is 19.7 Å². The van der Waals surface area contributed by atoms with E-state index in [1.807, 2.05) is 28.2 Å². The Hall–Kier alpha value is -2.46. The van der Waals surface area contributed by atoms with Crippen molar-refractivity contribution >= 4 is 21.9 Å². The molecule has 0 aliphatic carbocycles. The minimum absolute atomic E-state index is 0.0440. The molecule has 1 N–H and O–H groups in total. The molecule has 0 unspecified atom stereocenters. The number of nitrogens with zero attached hydrogens (tertiary/aromatic N) is 5. The molecule has 0 saturated carbocycles. The predicted octanol–water partition coefficient (Wildman–Crippen LogP) is 0.799. The lowest BCUT2D eigenvalue weighted by Gasteiger charge is -2.16. The number of hydrogen-bond donors (Lipinski definition) is 1. The number of ether oxygens (including phenoxy) is 1. The van der Waals surface area contributed by atoms with Crippen LogP contribution in [0.1, 0.15) is 11.4 Å². The summed E-state index contributed by atoms with van der Waals surface area (Å²) in [7, 11) is 5.07. The molecule has 0 aliphatic rings. The standard InChI is InChI=1S/C16H24N6O3S/c1-11-9-12(7-8-13(11)25-6)26(23,24)17-10-14-18-15(21(2)3)20-16(19-14)22(4)5/h7-9,17H,10H2,1-6H3. The van der Waals surface area contributed by atoms with Gasteiger partial charge in [-0.2, -0.15) is 15.0 Å². The van der Waals surface area contributed by atoms with E-state index < -0.39 is 10.0 Å². The second-order valence-electron chi connectivity index (χ2n) is 6.10. The number of rotatable bonds is 7. The lowest BCUT2D eigenvalue weighted by atomic mass is 10.2. The summed E-state index contributed by atoms with van der Waals surface area (Å²) in [5, 5.41) is 0. The van der Waals surface area contributed by atoms with Crippen molar-refractivity contribution < 1.29 is 13.2 Å². The maximum absolute atomic E-state index is 12.6. The molecule has 142 valence electrons. The first-order valence-electron chi connectivity index (χ1n) is 7.88. The van der Waals surface area contributed by atoms with E-state index in [-0.39, 0.29) is 11.4 Å². The van der Waals surface area contributed by atoms with Crippen LogP contribution in [-0.4, -0.2) is 58.7 Å². The summed E-state index contributed by atoms with van der Waals surface area (Å²) >= 11 is 0. The summed E-state index contributed by atoms with van der Waals surface area (Å²) in [6.07, 6.45) is 0. The van der Waals surface area contributed by atoms with Gasteiger partial charge in [-0.05, 0) is 30.7 Å². The molecule has 0 saturated heterocycles. The number of sulfonamides is 1. The van der Waals surface area contributed by atoms with E-state index in [2.05, 4.69) is 19.7 Å². The number of methoxy groups -OCH3 is 1. The number of aryl methyl sites for hydroxylation is 1. The van der Waals surface area contributed by atoms with E-state index in [9.17, 15) is 8.42 Å². The molecule has 2 aromatic rings.